The number of nitrogens with one attached hydrogen (secondary N) is 2. The third kappa shape index (κ3) is 7.87. The Bertz CT molecular complexity index is 587. The predicted molar refractivity (Wildman–Crippen MR) is 103 cm³/mol. The summed E-state index contributed by atoms with van der Waals surface area (Å²) in [6.45, 7) is 9.08. The van der Waals surface area contributed by atoms with Gasteiger partial charge in [0.15, 0.2) is 0 Å². The first-order valence-electron chi connectivity index (χ1n) is 9.40. The summed E-state index contributed by atoms with van der Waals surface area (Å²) in [5.74, 6) is 0.0521. The molecule has 0 atom stereocenters. The second-order valence-corrected chi connectivity index (χ2v) is 7.72. The van der Waals surface area contributed by atoms with Crippen LogP contribution in [0.3, 0.4) is 0 Å². The monoisotopic (exact) mass is 361 g/mol. The van der Waals surface area contributed by atoms with Crippen molar-refractivity contribution < 1.29 is 14.3 Å². The number of rotatable bonds is 7. The Hall–Kier alpha value is -2.08. The summed E-state index contributed by atoms with van der Waals surface area (Å²) in [6.07, 6.45) is 3.32. The summed E-state index contributed by atoms with van der Waals surface area (Å²) >= 11 is 0. The molecule has 6 heteroatoms. The summed E-state index contributed by atoms with van der Waals surface area (Å²) in [6, 6.07) is 7.73. The van der Waals surface area contributed by atoms with Gasteiger partial charge in [-0.05, 0) is 70.8 Å². The van der Waals surface area contributed by atoms with Gasteiger partial charge < -0.3 is 20.3 Å². The van der Waals surface area contributed by atoms with Gasteiger partial charge in [0.1, 0.15) is 5.60 Å². The Morgan fingerprint density at radius 1 is 1.12 bits per heavy atom. The van der Waals surface area contributed by atoms with Gasteiger partial charge >= 0.3 is 6.09 Å². The Labute approximate surface area is 156 Å². The van der Waals surface area contributed by atoms with Gasteiger partial charge in [-0.25, -0.2) is 4.79 Å². The molecule has 1 aliphatic rings. The van der Waals surface area contributed by atoms with Crippen molar-refractivity contribution in [3.63, 3.8) is 0 Å². The number of hydrogen-bond acceptors (Lipinski definition) is 4. The largest absolute Gasteiger partial charge is 0.444 e. The molecule has 0 bridgehead atoms. The van der Waals surface area contributed by atoms with E-state index in [0.717, 1.165) is 30.9 Å². The third-order valence-corrected chi connectivity index (χ3v) is 4.17. The van der Waals surface area contributed by atoms with Crippen molar-refractivity contribution in [2.75, 3.05) is 31.5 Å². The van der Waals surface area contributed by atoms with Gasteiger partial charge in [-0.1, -0.05) is 12.1 Å². The second kappa shape index (κ2) is 9.57. The third-order valence-electron chi connectivity index (χ3n) is 4.17. The fourth-order valence-corrected chi connectivity index (χ4v) is 2.87. The van der Waals surface area contributed by atoms with Crippen LogP contribution in [0.2, 0.25) is 0 Å². The SMILES string of the molecule is CC(C)(C)OC(=O)NCCc1ccc(NC(=O)CCN2CCCC2)cc1. The molecule has 26 heavy (non-hydrogen) atoms. The highest BCUT2D eigenvalue weighted by molar-refractivity contribution is 5.90. The lowest BCUT2D eigenvalue weighted by Gasteiger charge is -2.19. The highest BCUT2D eigenvalue weighted by atomic mass is 16.6. The van der Waals surface area contributed by atoms with Gasteiger partial charge in [-0.15, -0.1) is 0 Å². The zero-order valence-electron chi connectivity index (χ0n) is 16.1. The van der Waals surface area contributed by atoms with Crippen LogP contribution in [-0.4, -0.2) is 48.7 Å². The number of benzene rings is 1. The fourth-order valence-electron chi connectivity index (χ4n) is 2.87. The number of alkyl carbamates (subject to hydrolysis) is 1. The first-order chi connectivity index (χ1) is 12.3. The molecule has 144 valence electrons. The van der Waals surface area contributed by atoms with E-state index >= 15 is 0 Å². The van der Waals surface area contributed by atoms with E-state index < -0.39 is 11.7 Å². The number of carbonyl (C=O) groups excluding carboxylic acids is 2. The number of hydrogen-bond donors (Lipinski definition) is 2. The smallest absolute Gasteiger partial charge is 0.407 e. The molecule has 1 aromatic carbocycles. The first kappa shape index (κ1) is 20.2. The Morgan fingerprint density at radius 3 is 2.38 bits per heavy atom. The molecule has 0 aliphatic carbocycles. The highest BCUT2D eigenvalue weighted by Crippen LogP contribution is 2.12. The van der Waals surface area contributed by atoms with Crippen molar-refractivity contribution >= 4 is 17.7 Å². The number of carbonyl (C=O) groups is 2. The standard InChI is InChI=1S/C20H31N3O3/c1-20(2,3)26-19(25)21-12-10-16-6-8-17(9-7-16)22-18(24)11-15-23-13-4-5-14-23/h6-9H,4-5,10-15H2,1-3H3,(H,21,25)(H,22,24). The molecule has 2 rings (SSSR count). The van der Waals surface area contributed by atoms with Crippen molar-refractivity contribution in [3.05, 3.63) is 29.8 Å². The van der Waals surface area contributed by atoms with Gasteiger partial charge in [-0.3, -0.25) is 4.79 Å². The van der Waals surface area contributed by atoms with E-state index in [0.29, 0.717) is 19.4 Å². The molecule has 0 spiro atoms. The Balaban J connectivity index is 1.67. The van der Waals surface area contributed by atoms with Gasteiger partial charge in [-0.2, -0.15) is 0 Å². The molecular formula is C20H31N3O3. The van der Waals surface area contributed by atoms with Crippen molar-refractivity contribution in [2.24, 2.45) is 0 Å². The van der Waals surface area contributed by atoms with Gasteiger partial charge in [0.2, 0.25) is 5.91 Å². The van der Waals surface area contributed by atoms with E-state index in [1.165, 1.54) is 12.8 Å². The summed E-state index contributed by atoms with van der Waals surface area (Å²) < 4.78 is 5.20. The lowest BCUT2D eigenvalue weighted by molar-refractivity contribution is -0.116. The molecule has 1 fully saturated rings. The van der Waals surface area contributed by atoms with Crippen LogP contribution in [0.4, 0.5) is 10.5 Å². The zero-order chi connectivity index (χ0) is 19.0. The first-order valence-corrected chi connectivity index (χ1v) is 9.40. The Morgan fingerprint density at radius 2 is 1.77 bits per heavy atom. The van der Waals surface area contributed by atoms with Gasteiger partial charge in [0, 0.05) is 25.2 Å². The highest BCUT2D eigenvalue weighted by Gasteiger charge is 2.15. The molecular weight excluding hydrogens is 330 g/mol. The normalized spacial score (nSPS) is 14.9. The topological polar surface area (TPSA) is 70.7 Å². The molecule has 6 nitrogen and oxygen atoms in total. The van der Waals surface area contributed by atoms with Crippen molar-refractivity contribution in [1.82, 2.24) is 10.2 Å². The van der Waals surface area contributed by atoms with Crippen LogP contribution in [0.5, 0.6) is 0 Å². The maximum atomic E-state index is 12.0. The van der Waals surface area contributed by atoms with Crippen LogP contribution in [0.15, 0.2) is 24.3 Å². The summed E-state index contributed by atoms with van der Waals surface area (Å²) in [5.41, 5.74) is 1.41. The summed E-state index contributed by atoms with van der Waals surface area (Å²) in [5, 5.41) is 5.68. The maximum Gasteiger partial charge on any atom is 0.407 e. The summed E-state index contributed by atoms with van der Waals surface area (Å²) in [7, 11) is 0. The van der Waals surface area contributed by atoms with Crippen molar-refractivity contribution in [3.8, 4) is 0 Å². The minimum atomic E-state index is -0.487. The van der Waals surface area contributed by atoms with E-state index in [4.69, 9.17) is 4.74 Å². The van der Waals surface area contributed by atoms with Crippen LogP contribution in [0.1, 0.15) is 45.6 Å². The van der Waals surface area contributed by atoms with Crippen LogP contribution in [-0.2, 0) is 16.0 Å². The molecule has 2 amide bonds. The van der Waals surface area contributed by atoms with Crippen LogP contribution in [0.25, 0.3) is 0 Å². The number of amides is 2. The summed E-state index contributed by atoms with van der Waals surface area (Å²) in [4.78, 5) is 25.9. The number of nitrogens with zero attached hydrogens (tertiary/aromatic N) is 1. The number of ether oxygens (including phenoxy) is 1. The van der Waals surface area contributed by atoms with Gasteiger partial charge in [0.05, 0.1) is 0 Å². The van der Waals surface area contributed by atoms with Crippen LogP contribution in [0, 0.1) is 0 Å². The number of anilines is 1. The number of likely N-dealkylation sites (tertiary alicyclic amines) is 1. The van der Waals surface area contributed by atoms with E-state index in [-0.39, 0.29) is 5.91 Å². The second-order valence-electron chi connectivity index (χ2n) is 7.72. The molecule has 1 aromatic rings. The van der Waals surface area contributed by atoms with Crippen molar-refractivity contribution in [1.29, 1.82) is 0 Å². The lowest BCUT2D eigenvalue weighted by Crippen LogP contribution is -2.33. The molecule has 0 saturated carbocycles. The van der Waals surface area contributed by atoms with Crippen molar-refractivity contribution in [2.45, 2.75) is 52.1 Å². The molecule has 0 radical (unpaired) electrons. The predicted octanol–water partition coefficient (Wildman–Crippen LogP) is 3.18. The van der Waals surface area contributed by atoms with Gasteiger partial charge in [0.25, 0.3) is 0 Å². The van der Waals surface area contributed by atoms with Crippen LogP contribution < -0.4 is 10.6 Å². The zero-order valence-corrected chi connectivity index (χ0v) is 16.1. The molecule has 0 unspecified atom stereocenters. The maximum absolute atomic E-state index is 12.0. The van der Waals surface area contributed by atoms with E-state index in [2.05, 4.69) is 15.5 Å². The van der Waals surface area contributed by atoms with Crippen LogP contribution >= 0.6 is 0 Å². The minimum absolute atomic E-state index is 0.0521. The average molecular weight is 361 g/mol. The molecule has 1 aliphatic heterocycles. The quantitative estimate of drug-likeness (QED) is 0.782. The van der Waals surface area contributed by atoms with E-state index in [1.54, 1.807) is 0 Å². The molecule has 2 N–H and O–H groups in total. The molecule has 1 heterocycles. The minimum Gasteiger partial charge on any atom is -0.444 e. The lowest BCUT2D eigenvalue weighted by atomic mass is 10.1. The average Bonchev–Trinajstić information content (AvgIpc) is 3.06. The fraction of sp³-hybridized carbons (Fsp3) is 0.600. The molecule has 0 aromatic heterocycles. The Kier molecular flexibility index (Phi) is 7.45. The van der Waals surface area contributed by atoms with E-state index in [1.807, 2.05) is 45.0 Å². The van der Waals surface area contributed by atoms with E-state index in [9.17, 15) is 9.59 Å². The molecule has 1 saturated heterocycles.